The van der Waals surface area contributed by atoms with Crippen LogP contribution in [0, 0.1) is 5.41 Å². The lowest BCUT2D eigenvalue weighted by Crippen LogP contribution is -2.45. The largest absolute Gasteiger partial charge is 0.292 e. The maximum atomic E-state index is 4.12. The third kappa shape index (κ3) is 1.87. The second kappa shape index (κ2) is 3.80. The molecule has 0 aromatic carbocycles. The van der Waals surface area contributed by atoms with E-state index in [9.17, 15) is 0 Å². The van der Waals surface area contributed by atoms with Crippen molar-refractivity contribution in [3.05, 3.63) is 30.1 Å². The first-order valence-corrected chi connectivity index (χ1v) is 7.10. The molecule has 1 saturated carbocycles. The molecule has 1 saturated heterocycles. The Kier molecular flexibility index (Phi) is 2.57. The van der Waals surface area contributed by atoms with Crippen LogP contribution in [-0.4, -0.2) is 27.5 Å². The molecule has 18 heavy (non-hydrogen) atoms. The summed E-state index contributed by atoms with van der Waals surface area (Å²) in [6.07, 6.45) is 7.82. The quantitative estimate of drug-likeness (QED) is 0.793. The van der Waals surface area contributed by atoms with Gasteiger partial charge in [0, 0.05) is 30.0 Å². The normalized spacial score (nSPS) is 35.6. The summed E-state index contributed by atoms with van der Waals surface area (Å²) in [6.45, 7) is 9.45. The van der Waals surface area contributed by atoms with E-state index in [1.807, 2.05) is 12.4 Å². The molecule has 0 N–H and O–H groups in total. The second-order valence-corrected chi connectivity index (χ2v) is 7.25. The van der Waals surface area contributed by atoms with E-state index < -0.39 is 0 Å². The summed E-state index contributed by atoms with van der Waals surface area (Å²) in [5.74, 6) is 0. The summed E-state index contributed by atoms with van der Waals surface area (Å²) < 4.78 is 0. The van der Waals surface area contributed by atoms with Crippen LogP contribution < -0.4 is 0 Å². The van der Waals surface area contributed by atoms with Crippen LogP contribution in [0.4, 0.5) is 0 Å². The molecule has 98 valence electrons. The lowest BCUT2D eigenvalue weighted by molar-refractivity contribution is 0.104. The topological polar surface area (TPSA) is 16.1 Å². The summed E-state index contributed by atoms with van der Waals surface area (Å²) in [5.41, 5.74) is 2.32. The summed E-state index contributed by atoms with van der Waals surface area (Å²) in [7, 11) is 0. The molecule has 2 heterocycles. The minimum Gasteiger partial charge on any atom is -0.292 e. The highest BCUT2D eigenvalue weighted by molar-refractivity contribution is 5.24. The number of piperidine rings is 1. The van der Waals surface area contributed by atoms with Gasteiger partial charge in [0.25, 0.3) is 0 Å². The van der Waals surface area contributed by atoms with Gasteiger partial charge in [-0.2, -0.15) is 0 Å². The van der Waals surface area contributed by atoms with E-state index in [1.54, 1.807) is 0 Å². The zero-order valence-electron chi connectivity index (χ0n) is 12.0. The van der Waals surface area contributed by atoms with Gasteiger partial charge in [0.1, 0.15) is 0 Å². The van der Waals surface area contributed by atoms with Crippen LogP contribution in [0.1, 0.15) is 46.1 Å². The van der Waals surface area contributed by atoms with Gasteiger partial charge in [-0.15, -0.1) is 0 Å². The second-order valence-electron chi connectivity index (χ2n) is 7.25. The average Bonchev–Trinajstić information content (AvgIpc) is 2.82. The Balaban J connectivity index is 1.77. The Morgan fingerprint density at radius 1 is 1.28 bits per heavy atom. The standard InChI is InChI=1S/C16H24N2/c1-12-9-16(10-13-5-7-17-8-6-13)11-14(16)18(12)15(2,3)4/h5-8,12,14H,9-11H2,1-4H3/t12-,14-,16-/m1/s1. The van der Waals surface area contributed by atoms with Crippen LogP contribution >= 0.6 is 0 Å². The van der Waals surface area contributed by atoms with Crippen LogP contribution in [0.2, 0.25) is 0 Å². The summed E-state index contributed by atoms with van der Waals surface area (Å²) in [6, 6.07) is 5.88. The zero-order valence-corrected chi connectivity index (χ0v) is 12.0. The molecule has 0 amide bonds. The summed E-state index contributed by atoms with van der Waals surface area (Å²) in [5, 5.41) is 0. The molecule has 0 spiro atoms. The van der Waals surface area contributed by atoms with E-state index in [0.29, 0.717) is 11.0 Å². The highest BCUT2D eigenvalue weighted by atomic mass is 15.3. The molecule has 2 heteroatoms. The van der Waals surface area contributed by atoms with Crippen molar-refractivity contribution < 1.29 is 0 Å². The highest BCUT2D eigenvalue weighted by Gasteiger charge is 2.64. The molecule has 1 aliphatic carbocycles. The number of aromatic nitrogens is 1. The van der Waals surface area contributed by atoms with Gasteiger partial charge in [-0.3, -0.25) is 9.88 Å². The van der Waals surface area contributed by atoms with Crippen molar-refractivity contribution in [2.75, 3.05) is 0 Å². The Bertz CT molecular complexity index is 434. The molecule has 0 radical (unpaired) electrons. The van der Waals surface area contributed by atoms with Crippen molar-refractivity contribution in [3.63, 3.8) is 0 Å². The van der Waals surface area contributed by atoms with E-state index in [1.165, 1.54) is 24.8 Å². The van der Waals surface area contributed by atoms with E-state index in [0.717, 1.165) is 12.1 Å². The van der Waals surface area contributed by atoms with Gasteiger partial charge in [-0.25, -0.2) is 0 Å². The molecule has 1 aliphatic heterocycles. The van der Waals surface area contributed by atoms with Gasteiger partial charge in [0.05, 0.1) is 0 Å². The lowest BCUT2D eigenvalue weighted by Gasteiger charge is -2.37. The van der Waals surface area contributed by atoms with Crippen molar-refractivity contribution in [1.29, 1.82) is 0 Å². The van der Waals surface area contributed by atoms with Crippen LogP contribution in [0.3, 0.4) is 0 Å². The number of nitrogens with zero attached hydrogens (tertiary/aromatic N) is 2. The fraction of sp³-hybridized carbons (Fsp3) is 0.688. The van der Waals surface area contributed by atoms with Gasteiger partial charge in [-0.1, -0.05) is 0 Å². The Morgan fingerprint density at radius 2 is 1.94 bits per heavy atom. The predicted octanol–water partition coefficient (Wildman–Crippen LogP) is 3.28. The Morgan fingerprint density at radius 3 is 2.50 bits per heavy atom. The van der Waals surface area contributed by atoms with Crippen molar-refractivity contribution >= 4 is 0 Å². The molecular weight excluding hydrogens is 220 g/mol. The van der Waals surface area contributed by atoms with Crippen molar-refractivity contribution in [2.24, 2.45) is 5.41 Å². The number of fused-ring (bicyclic) bond motifs is 1. The summed E-state index contributed by atoms with van der Waals surface area (Å²) >= 11 is 0. The fourth-order valence-electron chi connectivity index (χ4n) is 4.23. The van der Waals surface area contributed by atoms with Crippen molar-refractivity contribution in [3.8, 4) is 0 Å². The van der Waals surface area contributed by atoms with Crippen molar-refractivity contribution in [1.82, 2.24) is 9.88 Å². The molecule has 0 bridgehead atoms. The summed E-state index contributed by atoms with van der Waals surface area (Å²) in [4.78, 5) is 6.86. The third-order valence-corrected chi connectivity index (χ3v) is 4.74. The molecule has 1 aromatic heterocycles. The SMILES string of the molecule is C[C@@H]1C[C@@]2(Cc3ccncc3)C[C@H]2N1C(C)(C)C. The van der Waals surface area contributed by atoms with Crippen LogP contribution in [-0.2, 0) is 6.42 Å². The maximum absolute atomic E-state index is 4.12. The molecule has 2 aliphatic rings. The van der Waals surface area contributed by atoms with Gasteiger partial charge in [0.2, 0.25) is 0 Å². The number of hydrogen-bond donors (Lipinski definition) is 0. The third-order valence-electron chi connectivity index (χ3n) is 4.74. The Hall–Kier alpha value is -0.890. The average molecular weight is 244 g/mol. The minimum absolute atomic E-state index is 0.306. The molecule has 2 fully saturated rings. The fourth-order valence-corrected chi connectivity index (χ4v) is 4.23. The Labute approximate surface area is 110 Å². The highest BCUT2D eigenvalue weighted by Crippen LogP contribution is 2.62. The van der Waals surface area contributed by atoms with Crippen LogP contribution in [0.5, 0.6) is 0 Å². The van der Waals surface area contributed by atoms with E-state index in [-0.39, 0.29) is 0 Å². The first-order chi connectivity index (χ1) is 8.42. The first kappa shape index (κ1) is 12.2. The number of pyridine rings is 1. The first-order valence-electron chi connectivity index (χ1n) is 7.10. The number of hydrogen-bond acceptors (Lipinski definition) is 2. The van der Waals surface area contributed by atoms with Gasteiger partial charge < -0.3 is 0 Å². The zero-order chi connectivity index (χ0) is 13.0. The number of likely N-dealkylation sites (tertiary alicyclic amines) is 1. The maximum Gasteiger partial charge on any atom is 0.0270 e. The molecule has 3 rings (SSSR count). The van der Waals surface area contributed by atoms with E-state index in [4.69, 9.17) is 0 Å². The van der Waals surface area contributed by atoms with E-state index >= 15 is 0 Å². The monoisotopic (exact) mass is 244 g/mol. The van der Waals surface area contributed by atoms with Crippen LogP contribution in [0.15, 0.2) is 24.5 Å². The van der Waals surface area contributed by atoms with Crippen LogP contribution in [0.25, 0.3) is 0 Å². The van der Waals surface area contributed by atoms with E-state index in [2.05, 4.69) is 49.7 Å². The predicted molar refractivity (Wildman–Crippen MR) is 74.5 cm³/mol. The molecule has 1 aromatic rings. The van der Waals surface area contributed by atoms with Crippen molar-refractivity contribution in [2.45, 2.75) is 64.6 Å². The molecular formula is C16H24N2. The molecule has 3 atom stereocenters. The molecule has 0 unspecified atom stereocenters. The van der Waals surface area contributed by atoms with Gasteiger partial charge in [-0.05, 0) is 70.1 Å². The number of rotatable bonds is 2. The smallest absolute Gasteiger partial charge is 0.0270 e. The minimum atomic E-state index is 0.306. The van der Waals surface area contributed by atoms with Gasteiger partial charge in [0.15, 0.2) is 0 Å². The van der Waals surface area contributed by atoms with Gasteiger partial charge >= 0.3 is 0 Å². The molecule has 2 nitrogen and oxygen atoms in total. The lowest BCUT2D eigenvalue weighted by atomic mass is 9.92.